The lowest BCUT2D eigenvalue weighted by Crippen LogP contribution is -2.15. The van der Waals surface area contributed by atoms with Gasteiger partial charge < -0.3 is 15.8 Å². The van der Waals surface area contributed by atoms with E-state index in [0.717, 1.165) is 11.1 Å². The van der Waals surface area contributed by atoms with Gasteiger partial charge in [-0.15, -0.1) is 0 Å². The summed E-state index contributed by atoms with van der Waals surface area (Å²) in [5, 5.41) is 7.50. The Labute approximate surface area is 177 Å². The Morgan fingerprint density at radius 3 is 2.73 bits per heavy atom. The van der Waals surface area contributed by atoms with Gasteiger partial charge in [0.1, 0.15) is 17.2 Å². The Bertz CT molecular complexity index is 1210. The normalized spacial score (nSPS) is 10.6. The highest BCUT2D eigenvalue weighted by molar-refractivity contribution is 6.30. The molecule has 3 aromatic heterocycles. The van der Waals surface area contributed by atoms with Gasteiger partial charge in [-0.25, -0.2) is 14.6 Å². The van der Waals surface area contributed by atoms with Crippen molar-refractivity contribution in [3.63, 3.8) is 0 Å². The minimum absolute atomic E-state index is 0.204. The number of carbonyl (C=O) groups is 1. The minimum atomic E-state index is -0.420. The molecular weight excluding hydrogens is 404 g/mol. The van der Waals surface area contributed by atoms with Crippen LogP contribution in [-0.2, 0) is 0 Å². The first-order chi connectivity index (χ1) is 14.6. The van der Waals surface area contributed by atoms with Crippen molar-refractivity contribution in [3.8, 4) is 22.7 Å². The zero-order valence-electron chi connectivity index (χ0n) is 15.9. The van der Waals surface area contributed by atoms with E-state index in [9.17, 15) is 4.79 Å². The van der Waals surface area contributed by atoms with Gasteiger partial charge in [0, 0.05) is 24.0 Å². The van der Waals surface area contributed by atoms with Crippen LogP contribution >= 0.6 is 11.6 Å². The number of hydrogen-bond acceptors (Lipinski definition) is 6. The number of nitrogens with two attached hydrogens (primary N) is 1. The highest BCUT2D eigenvalue weighted by Gasteiger charge is 2.19. The second kappa shape index (κ2) is 8.22. The summed E-state index contributed by atoms with van der Waals surface area (Å²) in [5.41, 5.74) is 8.96. The topological polar surface area (TPSA) is 108 Å². The number of pyridine rings is 2. The molecule has 0 fully saturated rings. The molecule has 1 aromatic carbocycles. The van der Waals surface area contributed by atoms with E-state index in [4.69, 9.17) is 22.1 Å². The van der Waals surface area contributed by atoms with Crippen LogP contribution in [-0.4, -0.2) is 32.8 Å². The molecule has 8 nitrogen and oxygen atoms in total. The van der Waals surface area contributed by atoms with Crippen molar-refractivity contribution in [1.82, 2.24) is 19.7 Å². The number of nitrogens with zero attached hydrogens (tertiary/aromatic N) is 4. The number of para-hydroxylation sites is 1. The summed E-state index contributed by atoms with van der Waals surface area (Å²) in [5.74, 6) is 0.638. The van der Waals surface area contributed by atoms with Gasteiger partial charge in [0.05, 0.1) is 24.0 Å². The molecule has 0 aliphatic rings. The number of benzene rings is 1. The molecule has 1 amide bonds. The van der Waals surface area contributed by atoms with Gasteiger partial charge in [-0.05, 0) is 29.8 Å². The molecule has 0 atom stereocenters. The van der Waals surface area contributed by atoms with Crippen molar-refractivity contribution in [3.05, 3.63) is 77.7 Å². The quantitative estimate of drug-likeness (QED) is 0.508. The molecule has 0 bridgehead atoms. The SMILES string of the molecule is COc1cc(-c2ccccc2-n2ncc(C(=O)Nc3ccc(Cl)cn3)c2N)ccn1. The fourth-order valence-electron chi connectivity index (χ4n) is 2.95. The largest absolute Gasteiger partial charge is 0.481 e. The van der Waals surface area contributed by atoms with Gasteiger partial charge in [0.15, 0.2) is 0 Å². The van der Waals surface area contributed by atoms with E-state index in [1.165, 1.54) is 17.1 Å². The first-order valence-electron chi connectivity index (χ1n) is 8.93. The maximum absolute atomic E-state index is 12.7. The smallest absolute Gasteiger partial charge is 0.262 e. The molecule has 0 aliphatic carbocycles. The first kappa shape index (κ1) is 19.4. The molecule has 0 saturated carbocycles. The Morgan fingerprint density at radius 1 is 1.13 bits per heavy atom. The third kappa shape index (κ3) is 3.81. The fourth-order valence-corrected chi connectivity index (χ4v) is 3.06. The minimum Gasteiger partial charge on any atom is -0.481 e. The number of nitrogens with one attached hydrogen (secondary N) is 1. The van der Waals surface area contributed by atoms with Crippen molar-refractivity contribution < 1.29 is 9.53 Å². The van der Waals surface area contributed by atoms with Crippen molar-refractivity contribution >= 4 is 29.1 Å². The van der Waals surface area contributed by atoms with E-state index in [0.29, 0.717) is 22.4 Å². The van der Waals surface area contributed by atoms with Crippen LogP contribution in [0.4, 0.5) is 11.6 Å². The Balaban J connectivity index is 1.69. The lowest BCUT2D eigenvalue weighted by Gasteiger charge is -2.12. The summed E-state index contributed by atoms with van der Waals surface area (Å²) >= 11 is 5.83. The molecule has 4 aromatic rings. The lowest BCUT2D eigenvalue weighted by atomic mass is 10.0. The van der Waals surface area contributed by atoms with Crippen LogP contribution in [0.15, 0.2) is 67.1 Å². The van der Waals surface area contributed by atoms with E-state index in [1.807, 2.05) is 36.4 Å². The Hall–Kier alpha value is -3.91. The highest BCUT2D eigenvalue weighted by atomic mass is 35.5. The Kier molecular flexibility index (Phi) is 5.32. The predicted octanol–water partition coefficient (Wildman–Crippen LogP) is 3.83. The standard InChI is InChI=1S/C21H17ClN6O2/c1-30-19-10-13(8-9-24-19)15-4-2-3-5-17(15)28-20(23)16(12-26-28)21(29)27-18-7-6-14(22)11-25-18/h2-12H,23H2,1H3,(H,25,27,29). The number of amides is 1. The van der Waals surface area contributed by atoms with Crippen molar-refractivity contribution in [1.29, 1.82) is 0 Å². The monoisotopic (exact) mass is 420 g/mol. The summed E-state index contributed by atoms with van der Waals surface area (Å²) in [6, 6.07) is 14.5. The Morgan fingerprint density at radius 2 is 1.97 bits per heavy atom. The maximum Gasteiger partial charge on any atom is 0.262 e. The molecule has 4 rings (SSSR count). The molecule has 9 heteroatoms. The third-order valence-electron chi connectivity index (χ3n) is 4.41. The molecule has 0 spiro atoms. The lowest BCUT2D eigenvalue weighted by molar-refractivity contribution is 0.102. The van der Waals surface area contributed by atoms with E-state index in [1.54, 1.807) is 25.4 Å². The van der Waals surface area contributed by atoms with Gasteiger partial charge in [0.25, 0.3) is 5.91 Å². The number of anilines is 2. The molecule has 0 unspecified atom stereocenters. The number of aromatic nitrogens is 4. The van der Waals surface area contributed by atoms with Gasteiger partial charge in [-0.1, -0.05) is 29.8 Å². The van der Waals surface area contributed by atoms with Crippen molar-refractivity contribution in [2.45, 2.75) is 0 Å². The molecule has 150 valence electrons. The zero-order chi connectivity index (χ0) is 21.1. The van der Waals surface area contributed by atoms with E-state index in [-0.39, 0.29) is 11.4 Å². The molecule has 30 heavy (non-hydrogen) atoms. The highest BCUT2D eigenvalue weighted by Crippen LogP contribution is 2.30. The maximum atomic E-state index is 12.7. The van der Waals surface area contributed by atoms with E-state index < -0.39 is 5.91 Å². The fraction of sp³-hybridized carbons (Fsp3) is 0.0476. The van der Waals surface area contributed by atoms with Crippen molar-refractivity contribution in [2.24, 2.45) is 0 Å². The van der Waals surface area contributed by atoms with E-state index in [2.05, 4.69) is 20.4 Å². The summed E-state index contributed by atoms with van der Waals surface area (Å²) in [7, 11) is 1.56. The summed E-state index contributed by atoms with van der Waals surface area (Å²) < 4.78 is 6.74. The van der Waals surface area contributed by atoms with Crippen LogP contribution in [0, 0.1) is 0 Å². The van der Waals surface area contributed by atoms with Crippen LogP contribution in [0.5, 0.6) is 5.88 Å². The van der Waals surface area contributed by atoms with Crippen LogP contribution in [0.1, 0.15) is 10.4 Å². The number of carbonyl (C=O) groups excluding carboxylic acids is 1. The van der Waals surface area contributed by atoms with Gasteiger partial charge >= 0.3 is 0 Å². The predicted molar refractivity (Wildman–Crippen MR) is 115 cm³/mol. The number of hydrogen-bond donors (Lipinski definition) is 2. The number of rotatable bonds is 5. The molecule has 3 N–H and O–H groups in total. The average Bonchev–Trinajstić information content (AvgIpc) is 3.16. The first-order valence-corrected chi connectivity index (χ1v) is 9.31. The summed E-state index contributed by atoms with van der Waals surface area (Å²) in [4.78, 5) is 20.9. The van der Waals surface area contributed by atoms with Crippen LogP contribution < -0.4 is 15.8 Å². The summed E-state index contributed by atoms with van der Waals surface area (Å²) in [6.45, 7) is 0. The average molecular weight is 421 g/mol. The van der Waals surface area contributed by atoms with Gasteiger partial charge in [-0.2, -0.15) is 5.10 Å². The number of ether oxygens (including phenoxy) is 1. The van der Waals surface area contributed by atoms with Crippen LogP contribution in [0.2, 0.25) is 5.02 Å². The van der Waals surface area contributed by atoms with E-state index >= 15 is 0 Å². The van der Waals surface area contributed by atoms with Gasteiger partial charge in [-0.3, -0.25) is 4.79 Å². The molecule has 0 radical (unpaired) electrons. The second-order valence-electron chi connectivity index (χ2n) is 6.28. The molecule has 0 aliphatic heterocycles. The van der Waals surface area contributed by atoms with Crippen molar-refractivity contribution in [2.75, 3.05) is 18.2 Å². The third-order valence-corrected chi connectivity index (χ3v) is 4.63. The second-order valence-corrected chi connectivity index (χ2v) is 6.71. The van der Waals surface area contributed by atoms with Crippen LogP contribution in [0.25, 0.3) is 16.8 Å². The zero-order valence-corrected chi connectivity index (χ0v) is 16.7. The molecule has 3 heterocycles. The molecular formula is C21H17ClN6O2. The summed E-state index contributed by atoms with van der Waals surface area (Å²) in [6.07, 6.45) is 4.53. The van der Waals surface area contributed by atoms with Crippen LogP contribution in [0.3, 0.4) is 0 Å². The number of nitrogen functional groups attached to an aromatic ring is 1. The number of halogens is 1. The number of methoxy groups -OCH3 is 1. The molecule has 0 saturated heterocycles. The van der Waals surface area contributed by atoms with Gasteiger partial charge in [0.2, 0.25) is 5.88 Å².